The maximum atomic E-state index is 12.2. The molecule has 0 saturated carbocycles. The van der Waals surface area contributed by atoms with Gasteiger partial charge in [-0.2, -0.15) is 5.10 Å². The first-order valence-corrected chi connectivity index (χ1v) is 10.9. The Bertz CT molecular complexity index is 1280. The number of methoxy groups -OCH3 is 2. The van der Waals surface area contributed by atoms with Gasteiger partial charge in [-0.15, -0.1) is 0 Å². The lowest BCUT2D eigenvalue weighted by atomic mass is 10.2. The summed E-state index contributed by atoms with van der Waals surface area (Å²) < 4.78 is 16.0. The molecule has 0 saturated heterocycles. The third-order valence-corrected chi connectivity index (χ3v) is 4.80. The molecule has 0 aromatic heterocycles. The van der Waals surface area contributed by atoms with E-state index in [1.54, 1.807) is 60.7 Å². The van der Waals surface area contributed by atoms with E-state index in [1.807, 2.05) is 0 Å². The lowest BCUT2D eigenvalue weighted by Crippen LogP contribution is -2.32. The van der Waals surface area contributed by atoms with Crippen LogP contribution in [-0.4, -0.2) is 44.8 Å². The van der Waals surface area contributed by atoms with Gasteiger partial charge in [0, 0.05) is 22.5 Å². The van der Waals surface area contributed by atoms with Gasteiger partial charge in [-0.05, 0) is 54.1 Å². The summed E-state index contributed by atoms with van der Waals surface area (Å²) in [6.45, 7) is -0.251. The average Bonchev–Trinajstić information content (AvgIpc) is 2.87. The minimum atomic E-state index is -0.958. The van der Waals surface area contributed by atoms with Gasteiger partial charge in [0.15, 0.2) is 18.1 Å². The van der Waals surface area contributed by atoms with E-state index in [2.05, 4.69) is 21.2 Å². The van der Waals surface area contributed by atoms with Crippen LogP contribution in [0.3, 0.4) is 0 Å². The number of rotatable bonds is 9. The lowest BCUT2D eigenvalue weighted by Gasteiger charge is -2.12. The fourth-order valence-corrected chi connectivity index (χ4v) is 3.09. The van der Waals surface area contributed by atoms with E-state index in [4.69, 9.17) is 25.8 Å². The summed E-state index contributed by atoms with van der Waals surface area (Å²) >= 11 is 5.85. The van der Waals surface area contributed by atoms with Crippen molar-refractivity contribution in [1.29, 1.82) is 0 Å². The van der Waals surface area contributed by atoms with Crippen LogP contribution in [-0.2, 0) is 14.4 Å². The van der Waals surface area contributed by atoms with Crippen LogP contribution in [0.5, 0.6) is 17.2 Å². The molecule has 11 heteroatoms. The Kier molecular flexibility index (Phi) is 9.24. The Balaban J connectivity index is 1.52. The van der Waals surface area contributed by atoms with Gasteiger partial charge in [-0.3, -0.25) is 14.4 Å². The second-order valence-corrected chi connectivity index (χ2v) is 7.58. The zero-order chi connectivity index (χ0) is 25.9. The molecule has 0 fully saturated rings. The summed E-state index contributed by atoms with van der Waals surface area (Å²) in [4.78, 5) is 36.2. The van der Waals surface area contributed by atoms with Crippen molar-refractivity contribution in [1.82, 2.24) is 5.43 Å². The summed E-state index contributed by atoms with van der Waals surface area (Å²) in [6.07, 6.45) is 1.33. The number of carbonyl (C=O) groups is 3. The number of hydrogen-bond donors (Lipinski definition) is 3. The first-order chi connectivity index (χ1) is 17.4. The molecule has 36 heavy (non-hydrogen) atoms. The summed E-state index contributed by atoms with van der Waals surface area (Å²) in [5.41, 5.74) is 3.64. The van der Waals surface area contributed by atoms with Crippen molar-refractivity contribution >= 4 is 46.9 Å². The van der Waals surface area contributed by atoms with Crippen LogP contribution in [0.25, 0.3) is 0 Å². The maximum Gasteiger partial charge on any atom is 0.329 e. The molecule has 0 aliphatic carbocycles. The SMILES string of the molecule is COc1cccc(NC(=O)COc2ccc(/C=N\NC(=O)C(=O)Nc3cccc(Cl)c3)cc2OC)c1. The van der Waals surface area contributed by atoms with Gasteiger partial charge in [0.1, 0.15) is 5.75 Å². The predicted molar refractivity (Wildman–Crippen MR) is 136 cm³/mol. The molecule has 0 unspecified atom stereocenters. The van der Waals surface area contributed by atoms with Crippen LogP contribution >= 0.6 is 11.6 Å². The van der Waals surface area contributed by atoms with Gasteiger partial charge >= 0.3 is 11.8 Å². The van der Waals surface area contributed by atoms with Crippen molar-refractivity contribution in [2.45, 2.75) is 0 Å². The van der Waals surface area contributed by atoms with Crippen LogP contribution in [0, 0.1) is 0 Å². The number of amides is 3. The summed E-state index contributed by atoms with van der Waals surface area (Å²) in [5, 5.41) is 9.33. The third kappa shape index (κ3) is 7.74. The van der Waals surface area contributed by atoms with E-state index in [1.165, 1.54) is 26.5 Å². The molecule has 10 nitrogen and oxygen atoms in total. The molecular formula is C25H23ClN4O6. The molecule has 0 spiro atoms. The normalized spacial score (nSPS) is 10.4. The second kappa shape index (κ2) is 12.8. The molecule has 3 aromatic carbocycles. The van der Waals surface area contributed by atoms with Crippen molar-refractivity contribution in [2.75, 3.05) is 31.5 Å². The number of carbonyl (C=O) groups excluding carboxylic acids is 3. The molecule has 0 radical (unpaired) electrons. The zero-order valence-electron chi connectivity index (χ0n) is 19.4. The molecule has 3 amide bonds. The molecule has 3 aromatic rings. The van der Waals surface area contributed by atoms with Gasteiger partial charge in [-0.25, -0.2) is 5.43 Å². The number of hydrogen-bond acceptors (Lipinski definition) is 7. The topological polar surface area (TPSA) is 127 Å². The average molecular weight is 511 g/mol. The van der Waals surface area contributed by atoms with Crippen LogP contribution in [0.1, 0.15) is 5.56 Å². The van der Waals surface area contributed by atoms with Crippen molar-refractivity contribution in [2.24, 2.45) is 5.10 Å². The summed E-state index contributed by atoms with van der Waals surface area (Å²) in [6, 6.07) is 18.2. The van der Waals surface area contributed by atoms with Crippen LogP contribution < -0.4 is 30.3 Å². The van der Waals surface area contributed by atoms with Crippen LogP contribution in [0.4, 0.5) is 11.4 Å². The number of hydrazone groups is 1. The maximum absolute atomic E-state index is 12.2. The number of anilines is 2. The highest BCUT2D eigenvalue weighted by Crippen LogP contribution is 2.27. The van der Waals surface area contributed by atoms with Crippen molar-refractivity contribution in [3.05, 3.63) is 77.3 Å². The van der Waals surface area contributed by atoms with Gasteiger partial charge in [0.25, 0.3) is 5.91 Å². The number of benzene rings is 3. The summed E-state index contributed by atoms with van der Waals surface area (Å²) in [7, 11) is 2.99. The van der Waals surface area contributed by atoms with E-state index in [0.717, 1.165) is 0 Å². The second-order valence-electron chi connectivity index (χ2n) is 7.14. The lowest BCUT2D eigenvalue weighted by molar-refractivity contribution is -0.136. The first kappa shape index (κ1) is 26.0. The Hall–Kier alpha value is -4.57. The van der Waals surface area contributed by atoms with Crippen molar-refractivity contribution in [3.8, 4) is 17.2 Å². The Morgan fingerprint density at radius 1 is 0.861 bits per heavy atom. The molecule has 3 rings (SSSR count). The van der Waals surface area contributed by atoms with Gasteiger partial charge in [0.05, 0.1) is 20.4 Å². The van der Waals surface area contributed by atoms with Gasteiger partial charge < -0.3 is 24.8 Å². The molecular weight excluding hydrogens is 488 g/mol. The Morgan fingerprint density at radius 3 is 2.33 bits per heavy atom. The van der Waals surface area contributed by atoms with E-state index in [9.17, 15) is 14.4 Å². The Labute approximate surface area is 212 Å². The highest BCUT2D eigenvalue weighted by atomic mass is 35.5. The monoisotopic (exact) mass is 510 g/mol. The van der Waals surface area contributed by atoms with E-state index in [0.29, 0.717) is 39.2 Å². The van der Waals surface area contributed by atoms with E-state index in [-0.39, 0.29) is 12.5 Å². The molecule has 0 bridgehead atoms. The number of nitrogens with one attached hydrogen (secondary N) is 3. The smallest absolute Gasteiger partial charge is 0.329 e. The standard InChI is InChI=1S/C25H23ClN4O6/c1-34-20-8-4-7-19(13-20)28-23(31)15-36-21-10-9-16(11-22(21)35-2)14-27-30-25(33)24(32)29-18-6-3-5-17(26)12-18/h3-14H,15H2,1-2H3,(H,28,31)(H,29,32)(H,30,33)/b27-14-. The molecule has 0 aliphatic heterocycles. The number of halogens is 1. The predicted octanol–water partition coefficient (Wildman–Crippen LogP) is 3.46. The molecule has 0 atom stereocenters. The van der Waals surface area contributed by atoms with Crippen molar-refractivity contribution < 1.29 is 28.6 Å². The molecule has 0 aliphatic rings. The molecule has 0 heterocycles. The third-order valence-electron chi connectivity index (χ3n) is 4.57. The minimum Gasteiger partial charge on any atom is -0.497 e. The van der Waals surface area contributed by atoms with Crippen LogP contribution in [0.2, 0.25) is 5.02 Å². The summed E-state index contributed by atoms with van der Waals surface area (Å²) in [5.74, 6) is -0.929. The largest absolute Gasteiger partial charge is 0.497 e. The van der Waals surface area contributed by atoms with E-state index >= 15 is 0 Å². The first-order valence-electron chi connectivity index (χ1n) is 10.5. The van der Waals surface area contributed by atoms with Gasteiger partial charge in [0.2, 0.25) is 0 Å². The van der Waals surface area contributed by atoms with Crippen LogP contribution in [0.15, 0.2) is 71.8 Å². The van der Waals surface area contributed by atoms with Crippen molar-refractivity contribution in [3.63, 3.8) is 0 Å². The molecule has 186 valence electrons. The van der Waals surface area contributed by atoms with E-state index < -0.39 is 11.8 Å². The fourth-order valence-electron chi connectivity index (χ4n) is 2.90. The Morgan fingerprint density at radius 2 is 1.61 bits per heavy atom. The number of ether oxygens (including phenoxy) is 3. The molecule has 3 N–H and O–H groups in total. The highest BCUT2D eigenvalue weighted by molar-refractivity contribution is 6.39. The van der Waals surface area contributed by atoms with Gasteiger partial charge in [-0.1, -0.05) is 23.7 Å². The fraction of sp³-hybridized carbons (Fsp3) is 0.120. The quantitative estimate of drug-likeness (QED) is 0.230. The zero-order valence-corrected chi connectivity index (χ0v) is 20.2. The number of nitrogens with zero attached hydrogens (tertiary/aromatic N) is 1. The minimum absolute atomic E-state index is 0.251. The highest BCUT2D eigenvalue weighted by Gasteiger charge is 2.13.